The fourth-order valence-corrected chi connectivity index (χ4v) is 6.19. The van der Waals surface area contributed by atoms with E-state index in [4.69, 9.17) is 0 Å². The van der Waals surface area contributed by atoms with Gasteiger partial charge in [0.05, 0.1) is 11.6 Å². The number of aromatic nitrogens is 3. The van der Waals surface area contributed by atoms with E-state index in [1.165, 1.54) is 22.3 Å². The molecule has 0 atom stereocenters. The Morgan fingerprint density at radius 2 is 1.45 bits per heavy atom. The molecular formula is C31H34N6O3. The molecule has 2 amide bonds. The fourth-order valence-electron chi connectivity index (χ4n) is 6.19. The molecule has 0 spiro atoms. The Bertz CT molecular complexity index is 1600. The topological polar surface area (TPSA) is 92.5 Å². The van der Waals surface area contributed by atoms with Crippen LogP contribution in [0.15, 0.2) is 65.5 Å². The number of aryl methyl sites for hydroxylation is 2. The van der Waals surface area contributed by atoms with Gasteiger partial charge in [-0.05, 0) is 48.2 Å². The van der Waals surface area contributed by atoms with Crippen LogP contribution in [0.5, 0.6) is 0 Å². The van der Waals surface area contributed by atoms with Crippen LogP contribution in [0, 0.1) is 0 Å². The number of piperazine rings is 1. The van der Waals surface area contributed by atoms with Gasteiger partial charge in [-0.15, -0.1) is 0 Å². The lowest BCUT2D eigenvalue weighted by Crippen LogP contribution is -2.49. The van der Waals surface area contributed by atoms with Crippen molar-refractivity contribution in [2.75, 3.05) is 31.5 Å². The number of imidazole rings is 1. The van der Waals surface area contributed by atoms with E-state index >= 15 is 0 Å². The molecule has 0 saturated carbocycles. The molecule has 1 fully saturated rings. The van der Waals surface area contributed by atoms with Crippen LogP contribution in [0.4, 0.5) is 5.82 Å². The summed E-state index contributed by atoms with van der Waals surface area (Å²) in [5, 5.41) is 2.80. The van der Waals surface area contributed by atoms with Gasteiger partial charge < -0.3 is 10.2 Å². The van der Waals surface area contributed by atoms with Crippen LogP contribution in [0.2, 0.25) is 0 Å². The second-order valence-electron chi connectivity index (χ2n) is 10.4. The number of amides is 2. The number of carbonyl (C=O) groups is 2. The van der Waals surface area contributed by atoms with Crippen molar-refractivity contribution in [3.63, 3.8) is 0 Å². The third-order valence-electron chi connectivity index (χ3n) is 8.16. The van der Waals surface area contributed by atoms with Gasteiger partial charge in [0.1, 0.15) is 5.82 Å². The Balaban J connectivity index is 1.05. The van der Waals surface area contributed by atoms with Crippen LogP contribution < -0.4 is 11.0 Å². The first-order valence-corrected chi connectivity index (χ1v) is 14.1. The number of hydrogen-bond acceptors (Lipinski definition) is 5. The molecule has 1 aliphatic heterocycles. The zero-order chi connectivity index (χ0) is 27.8. The number of anilines is 1. The van der Waals surface area contributed by atoms with E-state index in [9.17, 15) is 14.4 Å². The van der Waals surface area contributed by atoms with Crippen LogP contribution in [0.25, 0.3) is 22.3 Å². The molecule has 1 aliphatic carbocycles. The first-order valence-electron chi connectivity index (χ1n) is 14.1. The average molecular weight is 539 g/mol. The highest BCUT2D eigenvalue weighted by Crippen LogP contribution is 2.46. The lowest BCUT2D eigenvalue weighted by Gasteiger charge is -2.38. The van der Waals surface area contributed by atoms with Crippen molar-refractivity contribution < 1.29 is 9.59 Å². The molecule has 40 heavy (non-hydrogen) atoms. The highest BCUT2D eigenvalue weighted by atomic mass is 16.2. The second-order valence-corrected chi connectivity index (χ2v) is 10.4. The van der Waals surface area contributed by atoms with Gasteiger partial charge in [-0.3, -0.25) is 23.6 Å². The smallest absolute Gasteiger partial charge is 0.330 e. The minimum atomic E-state index is -0.265. The largest absolute Gasteiger partial charge is 0.340 e. The van der Waals surface area contributed by atoms with Crippen LogP contribution in [-0.4, -0.2) is 61.9 Å². The van der Waals surface area contributed by atoms with Crippen LogP contribution in [0.3, 0.4) is 0 Å². The summed E-state index contributed by atoms with van der Waals surface area (Å²) in [6.45, 7) is 7.70. The van der Waals surface area contributed by atoms with Gasteiger partial charge in [-0.1, -0.05) is 48.5 Å². The van der Waals surface area contributed by atoms with Crippen molar-refractivity contribution in [1.82, 2.24) is 23.9 Å². The molecule has 6 rings (SSSR count). The number of nitrogens with zero attached hydrogens (tertiary/aromatic N) is 5. The standard InChI is InChI=1S/C31H34N6O3/c1-3-36-25-13-14-26(33-30(25)37(4-2)31(36)40)32-27(38)15-16-28(39)34-17-19-35(20-18-34)29-23-11-7-5-9-21(23)22-10-6-8-12-24(22)29/h5-14,29H,3-4,15-20H2,1-2H3,(H,32,33,38). The molecule has 0 radical (unpaired) electrons. The molecule has 0 unspecified atom stereocenters. The van der Waals surface area contributed by atoms with Crippen molar-refractivity contribution in [2.24, 2.45) is 0 Å². The van der Waals surface area contributed by atoms with Gasteiger partial charge >= 0.3 is 5.69 Å². The molecule has 2 aliphatic rings. The summed E-state index contributed by atoms with van der Waals surface area (Å²) in [5.41, 5.74) is 6.43. The quantitative estimate of drug-likeness (QED) is 0.386. The number of hydrogen-bond donors (Lipinski definition) is 1. The Kier molecular flexibility index (Phi) is 6.98. The lowest BCUT2D eigenvalue weighted by atomic mass is 10.0. The normalized spacial score (nSPS) is 15.3. The minimum absolute atomic E-state index is 0.00900. The molecule has 0 bridgehead atoms. The third kappa shape index (κ3) is 4.50. The number of nitrogens with one attached hydrogen (secondary N) is 1. The van der Waals surface area contributed by atoms with E-state index in [1.807, 2.05) is 18.7 Å². The predicted octanol–water partition coefficient (Wildman–Crippen LogP) is 3.87. The summed E-state index contributed by atoms with van der Waals surface area (Å²) in [6, 6.07) is 20.9. The average Bonchev–Trinajstić information content (AvgIpc) is 3.46. The maximum Gasteiger partial charge on any atom is 0.330 e. The van der Waals surface area contributed by atoms with E-state index in [-0.39, 0.29) is 36.4 Å². The van der Waals surface area contributed by atoms with Gasteiger partial charge in [0.25, 0.3) is 0 Å². The predicted molar refractivity (Wildman–Crippen MR) is 155 cm³/mol. The molecule has 4 aromatic rings. The van der Waals surface area contributed by atoms with Crippen molar-refractivity contribution >= 4 is 28.8 Å². The highest BCUT2D eigenvalue weighted by molar-refractivity contribution is 5.93. The molecule has 1 saturated heterocycles. The van der Waals surface area contributed by atoms with Crippen molar-refractivity contribution in [2.45, 2.75) is 45.8 Å². The number of pyridine rings is 1. The van der Waals surface area contributed by atoms with Crippen molar-refractivity contribution in [3.8, 4) is 11.1 Å². The monoisotopic (exact) mass is 538 g/mol. The summed E-state index contributed by atoms with van der Waals surface area (Å²) < 4.78 is 3.26. The van der Waals surface area contributed by atoms with Gasteiger partial charge in [0, 0.05) is 52.1 Å². The van der Waals surface area contributed by atoms with E-state index in [0.717, 1.165) is 18.6 Å². The number of rotatable bonds is 7. The molecule has 2 aromatic carbocycles. The Labute approximate surface area is 233 Å². The number of carbonyl (C=O) groups excluding carboxylic acids is 2. The molecule has 206 valence electrons. The van der Waals surface area contributed by atoms with Gasteiger partial charge in [-0.2, -0.15) is 0 Å². The van der Waals surface area contributed by atoms with Gasteiger partial charge in [0.15, 0.2) is 5.65 Å². The summed E-state index contributed by atoms with van der Waals surface area (Å²) in [4.78, 5) is 47.1. The van der Waals surface area contributed by atoms with Crippen LogP contribution in [-0.2, 0) is 22.7 Å². The maximum atomic E-state index is 13.0. The number of fused-ring (bicyclic) bond motifs is 4. The summed E-state index contributed by atoms with van der Waals surface area (Å²) in [5.74, 6) is 0.106. The minimum Gasteiger partial charge on any atom is -0.340 e. The zero-order valence-corrected chi connectivity index (χ0v) is 23.0. The lowest BCUT2D eigenvalue weighted by molar-refractivity contribution is -0.134. The maximum absolute atomic E-state index is 13.0. The second kappa shape index (κ2) is 10.7. The molecule has 2 aromatic heterocycles. The zero-order valence-electron chi connectivity index (χ0n) is 23.0. The van der Waals surface area contributed by atoms with Gasteiger partial charge in [-0.25, -0.2) is 9.78 Å². The molecule has 3 heterocycles. The van der Waals surface area contributed by atoms with Crippen molar-refractivity contribution in [3.05, 3.63) is 82.3 Å². The molecule has 1 N–H and O–H groups in total. The van der Waals surface area contributed by atoms with E-state index < -0.39 is 0 Å². The third-order valence-corrected chi connectivity index (χ3v) is 8.16. The summed E-state index contributed by atoms with van der Waals surface area (Å²) >= 11 is 0. The van der Waals surface area contributed by atoms with Crippen molar-refractivity contribution in [1.29, 1.82) is 0 Å². The molecule has 9 heteroatoms. The van der Waals surface area contributed by atoms with Crippen LogP contribution in [0.1, 0.15) is 43.9 Å². The Morgan fingerprint density at radius 1 is 0.825 bits per heavy atom. The SMILES string of the molecule is CCn1c(=O)n(CC)c2nc(NC(=O)CCC(=O)N3CCN(C4c5ccccc5-c5ccccc54)CC3)ccc21. The summed E-state index contributed by atoms with van der Waals surface area (Å²) in [6.07, 6.45) is 0.230. The van der Waals surface area contributed by atoms with E-state index in [2.05, 4.69) is 63.7 Å². The Hall–Kier alpha value is -4.24. The molecule has 9 nitrogen and oxygen atoms in total. The highest BCUT2D eigenvalue weighted by Gasteiger charge is 2.34. The first-order chi connectivity index (χ1) is 19.5. The fraction of sp³-hybridized carbons (Fsp3) is 0.355. The Morgan fingerprint density at radius 3 is 2.08 bits per heavy atom. The van der Waals surface area contributed by atoms with E-state index in [0.29, 0.717) is 37.6 Å². The first kappa shape index (κ1) is 26.0. The number of benzene rings is 2. The molecular weight excluding hydrogens is 504 g/mol. The summed E-state index contributed by atoms with van der Waals surface area (Å²) in [7, 11) is 0. The van der Waals surface area contributed by atoms with E-state index in [1.54, 1.807) is 21.3 Å². The van der Waals surface area contributed by atoms with Gasteiger partial charge in [0.2, 0.25) is 11.8 Å². The van der Waals surface area contributed by atoms with Crippen LogP contribution >= 0.6 is 0 Å².